The van der Waals surface area contributed by atoms with Gasteiger partial charge >= 0.3 is 5.97 Å². The first kappa shape index (κ1) is 18.7. The van der Waals surface area contributed by atoms with Crippen LogP contribution in [-0.2, 0) is 16.0 Å². The van der Waals surface area contributed by atoms with Crippen LogP contribution in [0.15, 0.2) is 10.2 Å². The average molecular weight is 360 g/mol. The molecule has 2 aliphatic rings. The first-order chi connectivity index (χ1) is 12.1. The fraction of sp³-hybridized carbons (Fsp3) is 0.650. The third kappa shape index (κ3) is 3.69. The summed E-state index contributed by atoms with van der Waals surface area (Å²) in [6.45, 7) is 10.1. The summed E-state index contributed by atoms with van der Waals surface area (Å²) in [5.41, 5.74) is 3.07. The number of phenolic OH excluding ortho intramolecular Hbond substituents is 1. The van der Waals surface area contributed by atoms with E-state index in [-0.39, 0.29) is 11.6 Å². The summed E-state index contributed by atoms with van der Waals surface area (Å²) in [4.78, 5) is 12.0. The van der Waals surface area contributed by atoms with Crippen LogP contribution in [0.1, 0.15) is 61.8 Å². The highest BCUT2D eigenvalue weighted by atomic mass is 16.5. The predicted molar refractivity (Wildman–Crippen MR) is 97.7 cm³/mol. The third-order valence-corrected chi connectivity index (χ3v) is 5.73. The van der Waals surface area contributed by atoms with Crippen LogP contribution in [0, 0.1) is 20.8 Å². The Labute approximate surface area is 154 Å². The van der Waals surface area contributed by atoms with Gasteiger partial charge in [-0.05, 0) is 70.6 Å². The maximum atomic E-state index is 12.0. The number of benzene rings is 1. The number of nitrogens with zero attached hydrogens (tertiary/aromatic N) is 2. The molecule has 2 heterocycles. The minimum absolute atomic E-state index is 0.209. The Morgan fingerprint density at radius 3 is 2.50 bits per heavy atom. The SMILES string of the molecule is Cc1c(C)c2c(c(C)c1O)CCC(C)(CCC(=O)OCCC1(C)N=N1)O2. The summed E-state index contributed by atoms with van der Waals surface area (Å²) in [6, 6.07) is 0. The molecule has 1 N–H and O–H groups in total. The van der Waals surface area contributed by atoms with Crippen LogP contribution in [-0.4, -0.2) is 28.9 Å². The zero-order chi connectivity index (χ0) is 19.1. The molecule has 26 heavy (non-hydrogen) atoms. The lowest BCUT2D eigenvalue weighted by atomic mass is 9.85. The van der Waals surface area contributed by atoms with E-state index in [4.69, 9.17) is 9.47 Å². The Hall–Kier alpha value is -2.11. The van der Waals surface area contributed by atoms with Crippen LogP contribution < -0.4 is 4.74 Å². The summed E-state index contributed by atoms with van der Waals surface area (Å²) >= 11 is 0. The van der Waals surface area contributed by atoms with Crippen molar-refractivity contribution in [2.24, 2.45) is 10.2 Å². The molecule has 0 bridgehead atoms. The maximum Gasteiger partial charge on any atom is 0.305 e. The van der Waals surface area contributed by atoms with Gasteiger partial charge < -0.3 is 14.6 Å². The molecule has 6 nitrogen and oxygen atoms in total. The molecule has 3 rings (SSSR count). The van der Waals surface area contributed by atoms with Crippen LogP contribution in [0.3, 0.4) is 0 Å². The molecule has 2 aliphatic heterocycles. The molecule has 6 heteroatoms. The average Bonchev–Trinajstić information content (AvgIpc) is 3.34. The van der Waals surface area contributed by atoms with Crippen molar-refractivity contribution in [2.75, 3.05) is 6.61 Å². The van der Waals surface area contributed by atoms with E-state index in [1.54, 1.807) is 0 Å². The number of fused-ring (bicyclic) bond motifs is 1. The highest BCUT2D eigenvalue weighted by Gasteiger charge is 2.36. The van der Waals surface area contributed by atoms with E-state index >= 15 is 0 Å². The first-order valence-corrected chi connectivity index (χ1v) is 9.24. The van der Waals surface area contributed by atoms with Gasteiger partial charge in [0.15, 0.2) is 5.66 Å². The topological polar surface area (TPSA) is 80.5 Å². The highest BCUT2D eigenvalue weighted by Crippen LogP contribution is 2.44. The second-order valence-corrected chi connectivity index (χ2v) is 7.97. The largest absolute Gasteiger partial charge is 0.507 e. The van der Waals surface area contributed by atoms with Crippen molar-refractivity contribution >= 4 is 5.97 Å². The van der Waals surface area contributed by atoms with Gasteiger partial charge in [0, 0.05) is 18.4 Å². The standard InChI is InChI=1S/C20H28N2O4/c1-12-13(2)18-15(14(3)17(12)24)6-8-19(4,26-18)9-7-16(23)25-11-10-20(5)21-22-20/h24H,6-11H2,1-5H3. The van der Waals surface area contributed by atoms with Crippen molar-refractivity contribution in [1.29, 1.82) is 0 Å². The summed E-state index contributed by atoms with van der Waals surface area (Å²) in [7, 11) is 0. The van der Waals surface area contributed by atoms with Crippen molar-refractivity contribution in [3.8, 4) is 11.5 Å². The number of ether oxygens (including phenoxy) is 2. The molecular weight excluding hydrogens is 332 g/mol. The van der Waals surface area contributed by atoms with Gasteiger partial charge in [0.25, 0.3) is 0 Å². The minimum atomic E-state index is -0.403. The van der Waals surface area contributed by atoms with Crippen LogP contribution in [0.25, 0.3) is 0 Å². The number of carbonyl (C=O) groups excluding carboxylic acids is 1. The van der Waals surface area contributed by atoms with Crippen LogP contribution >= 0.6 is 0 Å². The summed E-state index contributed by atoms with van der Waals surface area (Å²) in [5.74, 6) is 1.02. The number of aromatic hydroxyl groups is 1. The second kappa shape index (κ2) is 6.56. The smallest absolute Gasteiger partial charge is 0.305 e. The molecule has 1 aromatic carbocycles. The van der Waals surface area contributed by atoms with Crippen molar-refractivity contribution in [3.05, 3.63) is 22.3 Å². The first-order valence-electron chi connectivity index (χ1n) is 9.24. The molecule has 1 atom stereocenters. The second-order valence-electron chi connectivity index (χ2n) is 7.97. The molecule has 1 aromatic rings. The molecule has 0 aromatic heterocycles. The summed E-state index contributed by atoms with van der Waals surface area (Å²) < 4.78 is 11.6. The Balaban J connectivity index is 1.59. The lowest BCUT2D eigenvalue weighted by Crippen LogP contribution is -2.37. The lowest BCUT2D eigenvalue weighted by Gasteiger charge is -2.38. The Bertz CT molecular complexity index is 766. The van der Waals surface area contributed by atoms with E-state index < -0.39 is 5.60 Å². The van der Waals surface area contributed by atoms with Gasteiger partial charge in [-0.2, -0.15) is 10.2 Å². The van der Waals surface area contributed by atoms with E-state index in [9.17, 15) is 9.90 Å². The van der Waals surface area contributed by atoms with E-state index in [2.05, 4.69) is 10.2 Å². The van der Waals surface area contributed by atoms with Crippen molar-refractivity contribution < 1.29 is 19.4 Å². The van der Waals surface area contributed by atoms with E-state index in [1.165, 1.54) is 0 Å². The van der Waals surface area contributed by atoms with Gasteiger partial charge in [0.2, 0.25) is 0 Å². The number of carbonyl (C=O) groups is 1. The molecule has 0 fully saturated rings. The van der Waals surface area contributed by atoms with Gasteiger partial charge in [0.05, 0.1) is 6.61 Å². The van der Waals surface area contributed by atoms with E-state index in [0.717, 1.165) is 40.8 Å². The number of esters is 1. The van der Waals surface area contributed by atoms with Gasteiger partial charge in [-0.15, -0.1) is 0 Å². The van der Waals surface area contributed by atoms with Gasteiger partial charge in [0.1, 0.15) is 17.1 Å². The Morgan fingerprint density at radius 1 is 1.15 bits per heavy atom. The summed E-state index contributed by atoms with van der Waals surface area (Å²) in [6.07, 6.45) is 3.22. The van der Waals surface area contributed by atoms with Crippen LogP contribution in [0.5, 0.6) is 11.5 Å². The molecule has 0 amide bonds. The van der Waals surface area contributed by atoms with Crippen molar-refractivity contribution in [2.45, 2.75) is 78.0 Å². The van der Waals surface area contributed by atoms with Gasteiger partial charge in [-0.25, -0.2) is 0 Å². The lowest BCUT2D eigenvalue weighted by molar-refractivity contribution is -0.145. The summed E-state index contributed by atoms with van der Waals surface area (Å²) in [5, 5.41) is 18.1. The molecule has 142 valence electrons. The molecule has 0 saturated carbocycles. The predicted octanol–water partition coefficient (Wildman–Crippen LogP) is 4.30. The quantitative estimate of drug-likeness (QED) is 0.767. The maximum absolute atomic E-state index is 12.0. The van der Waals surface area contributed by atoms with Crippen LogP contribution in [0.2, 0.25) is 0 Å². The minimum Gasteiger partial charge on any atom is -0.507 e. The normalized spacial score (nSPS) is 22.5. The number of hydrogen-bond donors (Lipinski definition) is 1. The fourth-order valence-electron chi connectivity index (χ4n) is 3.45. The zero-order valence-electron chi connectivity index (χ0n) is 16.3. The number of phenols is 1. The number of hydrogen-bond acceptors (Lipinski definition) is 6. The van der Waals surface area contributed by atoms with Gasteiger partial charge in [-0.1, -0.05) is 0 Å². The number of rotatable bonds is 6. The van der Waals surface area contributed by atoms with Crippen molar-refractivity contribution in [3.63, 3.8) is 0 Å². The van der Waals surface area contributed by atoms with Crippen molar-refractivity contribution in [1.82, 2.24) is 0 Å². The molecule has 0 saturated heterocycles. The Kier molecular flexibility index (Phi) is 4.71. The van der Waals surface area contributed by atoms with Crippen LogP contribution in [0.4, 0.5) is 0 Å². The molecule has 0 spiro atoms. The Morgan fingerprint density at radius 2 is 1.85 bits per heavy atom. The molecule has 1 unspecified atom stereocenters. The monoisotopic (exact) mass is 360 g/mol. The fourth-order valence-corrected chi connectivity index (χ4v) is 3.45. The molecule has 0 aliphatic carbocycles. The zero-order valence-corrected chi connectivity index (χ0v) is 16.3. The van der Waals surface area contributed by atoms with E-state index in [0.29, 0.717) is 31.6 Å². The highest BCUT2D eigenvalue weighted by molar-refractivity contribution is 5.69. The molecule has 0 radical (unpaired) electrons. The molecular formula is C20H28N2O4. The van der Waals surface area contributed by atoms with E-state index in [1.807, 2.05) is 34.6 Å². The third-order valence-electron chi connectivity index (χ3n) is 5.73. The van der Waals surface area contributed by atoms with Gasteiger partial charge in [-0.3, -0.25) is 4.79 Å².